The van der Waals surface area contributed by atoms with Gasteiger partial charge in [0.2, 0.25) is 0 Å². The Kier molecular flexibility index (Phi) is 4.72. The van der Waals surface area contributed by atoms with E-state index in [0.29, 0.717) is 0 Å². The molecular formula is C17H19F5N2O2. The molecule has 0 aromatic heterocycles. The summed E-state index contributed by atoms with van der Waals surface area (Å²) in [5, 5.41) is 9.02. The molecule has 26 heavy (non-hydrogen) atoms. The molecule has 4 nitrogen and oxygen atoms in total. The van der Waals surface area contributed by atoms with Gasteiger partial charge in [-0.25, -0.2) is 8.78 Å². The van der Waals surface area contributed by atoms with Crippen molar-refractivity contribution in [1.29, 1.82) is 0 Å². The van der Waals surface area contributed by atoms with E-state index >= 15 is 0 Å². The Bertz CT molecular complexity index is 720. The van der Waals surface area contributed by atoms with Crippen LogP contribution in [0, 0.1) is 5.92 Å². The molecule has 0 radical (unpaired) electrons. The molecule has 0 bridgehead atoms. The molecule has 1 fully saturated rings. The van der Waals surface area contributed by atoms with Gasteiger partial charge in [-0.2, -0.15) is 13.2 Å². The third kappa shape index (κ3) is 3.42. The average molecular weight is 378 g/mol. The number of halogens is 5. The third-order valence-corrected chi connectivity index (χ3v) is 5.04. The zero-order chi connectivity index (χ0) is 19.3. The first-order chi connectivity index (χ1) is 12.0. The van der Waals surface area contributed by atoms with E-state index in [0.717, 1.165) is 6.07 Å². The van der Waals surface area contributed by atoms with E-state index < -0.39 is 42.6 Å². The number of nitrogens with zero attached hydrogens (tertiary/aromatic N) is 2. The Morgan fingerprint density at radius 3 is 2.58 bits per heavy atom. The van der Waals surface area contributed by atoms with Crippen LogP contribution in [0.5, 0.6) is 0 Å². The van der Waals surface area contributed by atoms with Crippen LogP contribution in [-0.2, 0) is 19.3 Å². The summed E-state index contributed by atoms with van der Waals surface area (Å²) in [6.45, 7) is -1.25. The lowest BCUT2D eigenvalue weighted by atomic mass is 9.93. The van der Waals surface area contributed by atoms with E-state index in [1.54, 1.807) is 0 Å². The van der Waals surface area contributed by atoms with Crippen molar-refractivity contribution in [2.24, 2.45) is 5.92 Å². The maximum absolute atomic E-state index is 14.0. The van der Waals surface area contributed by atoms with Gasteiger partial charge < -0.3 is 10.0 Å². The molecule has 1 unspecified atom stereocenters. The predicted molar refractivity (Wildman–Crippen MR) is 82.7 cm³/mol. The van der Waals surface area contributed by atoms with E-state index in [2.05, 4.69) is 0 Å². The third-order valence-electron chi connectivity index (χ3n) is 5.04. The maximum atomic E-state index is 14.0. The summed E-state index contributed by atoms with van der Waals surface area (Å²) in [6, 6.07) is 2.31. The molecule has 1 aromatic carbocycles. The lowest BCUT2D eigenvalue weighted by Gasteiger charge is -2.37. The lowest BCUT2D eigenvalue weighted by molar-refractivity contribution is -0.138. The number of carbonyl (C=O) groups excluding carboxylic acids is 1. The highest BCUT2D eigenvalue weighted by Crippen LogP contribution is 2.39. The van der Waals surface area contributed by atoms with Crippen LogP contribution < -0.4 is 0 Å². The van der Waals surface area contributed by atoms with E-state index in [9.17, 15) is 26.7 Å². The first-order valence-corrected chi connectivity index (χ1v) is 8.22. The molecule has 0 saturated carbocycles. The van der Waals surface area contributed by atoms with Crippen LogP contribution in [0.1, 0.15) is 33.5 Å². The second kappa shape index (κ2) is 6.45. The van der Waals surface area contributed by atoms with Gasteiger partial charge in [0.1, 0.15) is 0 Å². The molecule has 2 aliphatic rings. The second-order valence-corrected chi connectivity index (χ2v) is 6.97. The van der Waals surface area contributed by atoms with Crippen LogP contribution in [-0.4, -0.2) is 53.5 Å². The monoisotopic (exact) mass is 378 g/mol. The molecular weight excluding hydrogens is 359 g/mol. The highest BCUT2D eigenvalue weighted by atomic mass is 19.4. The zero-order valence-electron chi connectivity index (χ0n) is 14.1. The van der Waals surface area contributed by atoms with Crippen molar-refractivity contribution in [2.45, 2.75) is 31.6 Å². The number of piperidine rings is 1. The molecule has 0 spiro atoms. The van der Waals surface area contributed by atoms with Gasteiger partial charge in [-0.15, -0.1) is 0 Å². The van der Waals surface area contributed by atoms with Crippen molar-refractivity contribution in [2.75, 3.05) is 26.7 Å². The summed E-state index contributed by atoms with van der Waals surface area (Å²) in [7, 11) is 1.42. The first kappa shape index (κ1) is 19.0. The number of fused-ring (bicyclic) bond motifs is 1. The first-order valence-electron chi connectivity index (χ1n) is 8.22. The number of benzene rings is 1. The SMILES string of the molecule is CN1Cc2c(cc(CN3CCC(CO)C(F)(F)C3)cc2C(F)(F)F)C1=O. The number of carbonyl (C=O) groups is 1. The largest absolute Gasteiger partial charge is 0.416 e. The summed E-state index contributed by atoms with van der Waals surface area (Å²) >= 11 is 0. The van der Waals surface area contributed by atoms with Crippen molar-refractivity contribution in [3.8, 4) is 0 Å². The molecule has 1 amide bonds. The fraction of sp³-hybridized carbons (Fsp3) is 0.588. The number of alkyl halides is 5. The standard InChI is InChI=1S/C17H19F5N2O2/c1-23-7-13-12(15(23)26)4-10(5-14(13)17(20,21)22)6-24-3-2-11(8-25)16(18,19)9-24/h4-5,11,25H,2-3,6-9H2,1H3. The normalized spacial score (nSPS) is 23.4. The molecule has 1 atom stereocenters. The van der Waals surface area contributed by atoms with Crippen LogP contribution in [0.3, 0.4) is 0 Å². The van der Waals surface area contributed by atoms with Crippen molar-refractivity contribution in [3.05, 3.63) is 34.4 Å². The van der Waals surface area contributed by atoms with Gasteiger partial charge in [0, 0.05) is 31.6 Å². The minimum atomic E-state index is -4.63. The van der Waals surface area contributed by atoms with Crippen LogP contribution in [0.15, 0.2) is 12.1 Å². The number of aliphatic hydroxyl groups excluding tert-OH is 1. The van der Waals surface area contributed by atoms with E-state index in [1.807, 2.05) is 0 Å². The Balaban J connectivity index is 1.89. The van der Waals surface area contributed by atoms with Crippen molar-refractivity contribution in [1.82, 2.24) is 9.80 Å². The van der Waals surface area contributed by atoms with Crippen LogP contribution in [0.25, 0.3) is 0 Å². The minimum Gasteiger partial charge on any atom is -0.396 e. The molecule has 2 aliphatic heterocycles. The van der Waals surface area contributed by atoms with Crippen LogP contribution in [0.4, 0.5) is 22.0 Å². The highest BCUT2D eigenvalue weighted by molar-refractivity contribution is 5.98. The van der Waals surface area contributed by atoms with Crippen molar-refractivity contribution in [3.63, 3.8) is 0 Å². The van der Waals surface area contributed by atoms with Gasteiger partial charge in [0.25, 0.3) is 11.8 Å². The summed E-state index contributed by atoms with van der Waals surface area (Å²) in [4.78, 5) is 14.7. The molecule has 1 N–H and O–H groups in total. The lowest BCUT2D eigenvalue weighted by Crippen LogP contribution is -2.49. The number of hydrogen-bond acceptors (Lipinski definition) is 3. The van der Waals surface area contributed by atoms with Gasteiger partial charge in [0.15, 0.2) is 0 Å². The van der Waals surface area contributed by atoms with Gasteiger partial charge in [-0.1, -0.05) is 0 Å². The number of likely N-dealkylation sites (tertiary alicyclic amines) is 1. The minimum absolute atomic E-state index is 0.0191. The fourth-order valence-corrected chi connectivity index (χ4v) is 3.63. The Labute approximate surface area is 147 Å². The molecule has 3 rings (SSSR count). The zero-order valence-corrected chi connectivity index (χ0v) is 14.1. The average Bonchev–Trinajstić information content (AvgIpc) is 2.80. The van der Waals surface area contributed by atoms with Gasteiger partial charge in [0.05, 0.1) is 18.7 Å². The van der Waals surface area contributed by atoms with Gasteiger partial charge >= 0.3 is 6.18 Å². The number of hydrogen-bond donors (Lipinski definition) is 1. The summed E-state index contributed by atoms with van der Waals surface area (Å²) in [6.07, 6.45) is -4.57. The second-order valence-electron chi connectivity index (χ2n) is 6.97. The molecule has 0 aliphatic carbocycles. The van der Waals surface area contributed by atoms with E-state index in [-0.39, 0.29) is 42.7 Å². The molecule has 9 heteroatoms. The van der Waals surface area contributed by atoms with E-state index in [1.165, 1.54) is 22.9 Å². The Hall–Kier alpha value is -1.74. The number of rotatable bonds is 3. The summed E-state index contributed by atoms with van der Waals surface area (Å²) in [5.41, 5.74) is -0.801. The fourth-order valence-electron chi connectivity index (χ4n) is 3.63. The Morgan fingerprint density at radius 1 is 1.31 bits per heavy atom. The maximum Gasteiger partial charge on any atom is 0.416 e. The summed E-state index contributed by atoms with van der Waals surface area (Å²) < 4.78 is 68.1. The van der Waals surface area contributed by atoms with Gasteiger partial charge in [-0.05, 0) is 36.2 Å². The topological polar surface area (TPSA) is 43.8 Å². The highest BCUT2D eigenvalue weighted by Gasteiger charge is 2.44. The predicted octanol–water partition coefficient (Wildman–Crippen LogP) is 2.74. The molecule has 1 aromatic rings. The van der Waals surface area contributed by atoms with Crippen molar-refractivity contribution >= 4 is 5.91 Å². The quantitative estimate of drug-likeness (QED) is 0.823. The summed E-state index contributed by atoms with van der Waals surface area (Å²) in [5.74, 6) is -4.75. The Morgan fingerprint density at radius 2 is 2.00 bits per heavy atom. The van der Waals surface area contributed by atoms with Gasteiger partial charge in [-0.3, -0.25) is 9.69 Å². The molecule has 1 saturated heterocycles. The van der Waals surface area contributed by atoms with Crippen molar-refractivity contribution < 1.29 is 31.9 Å². The molecule has 144 valence electrons. The van der Waals surface area contributed by atoms with Crippen LogP contribution in [0.2, 0.25) is 0 Å². The number of aliphatic hydroxyl groups is 1. The molecule has 2 heterocycles. The smallest absolute Gasteiger partial charge is 0.396 e. The van der Waals surface area contributed by atoms with Crippen LogP contribution >= 0.6 is 0 Å². The number of amides is 1. The van der Waals surface area contributed by atoms with E-state index in [4.69, 9.17) is 5.11 Å².